The SMILES string of the molecule is CC(=O)N1CCN(c2ccc(OS(=O)(=O)c3ccc(-c4ccccc4)cc3)cc2)CC1. The smallest absolute Gasteiger partial charge is 0.339 e. The summed E-state index contributed by atoms with van der Waals surface area (Å²) >= 11 is 0. The molecule has 1 aliphatic heterocycles. The lowest BCUT2D eigenvalue weighted by atomic mass is 10.1. The Morgan fingerprint density at radius 3 is 1.94 bits per heavy atom. The summed E-state index contributed by atoms with van der Waals surface area (Å²) in [6.07, 6.45) is 0. The van der Waals surface area contributed by atoms with E-state index in [-0.39, 0.29) is 16.6 Å². The highest BCUT2D eigenvalue weighted by Crippen LogP contribution is 2.25. The molecule has 1 amide bonds. The molecule has 3 aromatic rings. The van der Waals surface area contributed by atoms with Crippen molar-refractivity contribution in [3.63, 3.8) is 0 Å². The number of hydrogen-bond donors (Lipinski definition) is 0. The van der Waals surface area contributed by atoms with Crippen molar-refractivity contribution in [1.82, 2.24) is 4.90 Å². The Labute approximate surface area is 182 Å². The maximum atomic E-state index is 12.7. The van der Waals surface area contributed by atoms with Crippen molar-refractivity contribution < 1.29 is 17.4 Å². The lowest BCUT2D eigenvalue weighted by Crippen LogP contribution is -2.48. The Morgan fingerprint density at radius 2 is 1.35 bits per heavy atom. The molecule has 0 bridgehead atoms. The number of rotatable bonds is 5. The van der Waals surface area contributed by atoms with Crippen LogP contribution in [0, 0.1) is 0 Å². The second-order valence-electron chi connectivity index (χ2n) is 7.41. The van der Waals surface area contributed by atoms with Gasteiger partial charge in [0.05, 0.1) is 0 Å². The molecular formula is C24H24N2O4S. The third-order valence-electron chi connectivity index (χ3n) is 5.38. The molecule has 4 rings (SSSR count). The average molecular weight is 437 g/mol. The lowest BCUT2D eigenvalue weighted by Gasteiger charge is -2.35. The van der Waals surface area contributed by atoms with Gasteiger partial charge in [0, 0.05) is 38.8 Å². The molecule has 0 atom stereocenters. The Morgan fingerprint density at radius 1 is 0.774 bits per heavy atom. The van der Waals surface area contributed by atoms with Gasteiger partial charge in [-0.15, -0.1) is 0 Å². The number of carbonyl (C=O) groups excluding carboxylic acids is 1. The van der Waals surface area contributed by atoms with Crippen molar-refractivity contribution in [3.05, 3.63) is 78.9 Å². The zero-order valence-electron chi connectivity index (χ0n) is 17.3. The van der Waals surface area contributed by atoms with Crippen LogP contribution < -0.4 is 9.08 Å². The average Bonchev–Trinajstić information content (AvgIpc) is 2.80. The molecule has 0 unspecified atom stereocenters. The van der Waals surface area contributed by atoms with Crippen molar-refractivity contribution >= 4 is 21.7 Å². The highest BCUT2D eigenvalue weighted by atomic mass is 32.2. The van der Waals surface area contributed by atoms with E-state index in [4.69, 9.17) is 4.18 Å². The van der Waals surface area contributed by atoms with Crippen LogP contribution in [0.15, 0.2) is 83.8 Å². The van der Waals surface area contributed by atoms with Gasteiger partial charge in [0.1, 0.15) is 10.6 Å². The van der Waals surface area contributed by atoms with E-state index in [1.165, 1.54) is 0 Å². The molecule has 1 heterocycles. The number of benzene rings is 3. The van der Waals surface area contributed by atoms with Gasteiger partial charge in [0.2, 0.25) is 5.91 Å². The normalized spacial score (nSPS) is 14.4. The summed E-state index contributed by atoms with van der Waals surface area (Å²) < 4.78 is 30.7. The van der Waals surface area contributed by atoms with Crippen LogP contribution in [0.3, 0.4) is 0 Å². The molecule has 0 N–H and O–H groups in total. The molecular weight excluding hydrogens is 412 g/mol. The van der Waals surface area contributed by atoms with Crippen LogP contribution in [0.1, 0.15) is 6.92 Å². The van der Waals surface area contributed by atoms with E-state index in [1.54, 1.807) is 43.3 Å². The van der Waals surface area contributed by atoms with Crippen molar-refractivity contribution in [3.8, 4) is 16.9 Å². The monoisotopic (exact) mass is 436 g/mol. The topological polar surface area (TPSA) is 66.9 Å². The van der Waals surface area contributed by atoms with E-state index in [1.807, 2.05) is 47.4 Å². The van der Waals surface area contributed by atoms with Crippen LogP contribution in [0.4, 0.5) is 5.69 Å². The van der Waals surface area contributed by atoms with E-state index < -0.39 is 10.1 Å². The predicted molar refractivity (Wildman–Crippen MR) is 121 cm³/mol. The van der Waals surface area contributed by atoms with E-state index in [0.717, 1.165) is 29.9 Å². The first-order valence-corrected chi connectivity index (χ1v) is 11.5. The fourth-order valence-corrected chi connectivity index (χ4v) is 4.54. The van der Waals surface area contributed by atoms with Crippen LogP contribution >= 0.6 is 0 Å². The number of piperazine rings is 1. The highest BCUT2D eigenvalue weighted by molar-refractivity contribution is 7.87. The number of anilines is 1. The fraction of sp³-hybridized carbons (Fsp3) is 0.208. The Balaban J connectivity index is 1.42. The quantitative estimate of drug-likeness (QED) is 0.570. The van der Waals surface area contributed by atoms with Crippen molar-refractivity contribution in [2.75, 3.05) is 31.1 Å². The second kappa shape index (κ2) is 8.81. The number of hydrogen-bond acceptors (Lipinski definition) is 5. The van der Waals surface area contributed by atoms with Gasteiger partial charge in [-0.1, -0.05) is 42.5 Å². The van der Waals surface area contributed by atoms with Crippen LogP contribution in [0.25, 0.3) is 11.1 Å². The summed E-state index contributed by atoms with van der Waals surface area (Å²) in [6, 6.07) is 23.4. The molecule has 0 spiro atoms. The molecule has 3 aromatic carbocycles. The Bertz CT molecular complexity index is 1140. The largest absolute Gasteiger partial charge is 0.379 e. The first-order chi connectivity index (χ1) is 14.9. The minimum absolute atomic E-state index is 0.0883. The minimum atomic E-state index is -3.92. The van der Waals surface area contributed by atoms with E-state index in [2.05, 4.69) is 4.90 Å². The molecule has 0 aliphatic carbocycles. The Kier molecular flexibility index (Phi) is 5.95. The number of carbonyl (C=O) groups is 1. The predicted octanol–water partition coefficient (Wildman–Crippen LogP) is 3.79. The molecule has 0 aromatic heterocycles. The first-order valence-electron chi connectivity index (χ1n) is 10.1. The maximum absolute atomic E-state index is 12.7. The van der Waals surface area contributed by atoms with Gasteiger partial charge in [-0.3, -0.25) is 4.79 Å². The zero-order chi connectivity index (χ0) is 21.8. The molecule has 7 heteroatoms. The van der Waals surface area contributed by atoms with Crippen LogP contribution in [-0.4, -0.2) is 45.4 Å². The van der Waals surface area contributed by atoms with Crippen molar-refractivity contribution in [2.24, 2.45) is 0 Å². The molecule has 31 heavy (non-hydrogen) atoms. The van der Waals surface area contributed by atoms with Crippen molar-refractivity contribution in [2.45, 2.75) is 11.8 Å². The van der Waals surface area contributed by atoms with Gasteiger partial charge in [0.15, 0.2) is 0 Å². The van der Waals surface area contributed by atoms with Gasteiger partial charge in [-0.25, -0.2) is 0 Å². The highest BCUT2D eigenvalue weighted by Gasteiger charge is 2.20. The number of amides is 1. The standard InChI is InChI=1S/C24H24N2O4S/c1-19(27)25-15-17-26(18-16-25)22-9-11-23(12-10-22)30-31(28,29)24-13-7-21(8-14-24)20-5-3-2-4-6-20/h2-14H,15-18H2,1H3. The summed E-state index contributed by atoms with van der Waals surface area (Å²) in [7, 11) is -3.92. The van der Waals surface area contributed by atoms with E-state index >= 15 is 0 Å². The minimum Gasteiger partial charge on any atom is -0.379 e. The fourth-order valence-electron chi connectivity index (χ4n) is 3.61. The summed E-state index contributed by atoms with van der Waals surface area (Å²) in [5.41, 5.74) is 2.93. The first kappa shape index (κ1) is 20.9. The van der Waals surface area contributed by atoms with Gasteiger partial charge in [0.25, 0.3) is 0 Å². The molecule has 160 valence electrons. The van der Waals surface area contributed by atoms with Crippen LogP contribution in [-0.2, 0) is 14.9 Å². The second-order valence-corrected chi connectivity index (χ2v) is 8.96. The molecule has 0 saturated carbocycles. The maximum Gasteiger partial charge on any atom is 0.339 e. The molecule has 1 fully saturated rings. The van der Waals surface area contributed by atoms with E-state index in [0.29, 0.717) is 13.1 Å². The van der Waals surface area contributed by atoms with Crippen LogP contribution in [0.2, 0.25) is 0 Å². The summed E-state index contributed by atoms with van der Waals surface area (Å²) in [6.45, 7) is 4.43. The van der Waals surface area contributed by atoms with Gasteiger partial charge < -0.3 is 14.0 Å². The summed E-state index contributed by atoms with van der Waals surface area (Å²) in [4.78, 5) is 15.6. The van der Waals surface area contributed by atoms with Gasteiger partial charge in [-0.05, 0) is 47.5 Å². The van der Waals surface area contributed by atoms with Crippen molar-refractivity contribution in [1.29, 1.82) is 0 Å². The Hall–Kier alpha value is -3.32. The van der Waals surface area contributed by atoms with E-state index in [9.17, 15) is 13.2 Å². The molecule has 1 aliphatic rings. The van der Waals surface area contributed by atoms with Crippen LogP contribution in [0.5, 0.6) is 5.75 Å². The number of nitrogens with zero attached hydrogens (tertiary/aromatic N) is 2. The zero-order valence-corrected chi connectivity index (χ0v) is 18.1. The molecule has 0 radical (unpaired) electrons. The third-order valence-corrected chi connectivity index (χ3v) is 6.64. The summed E-state index contributed by atoms with van der Waals surface area (Å²) in [5.74, 6) is 0.351. The lowest BCUT2D eigenvalue weighted by molar-refractivity contribution is -0.129. The molecule has 6 nitrogen and oxygen atoms in total. The summed E-state index contributed by atoms with van der Waals surface area (Å²) in [5, 5.41) is 0. The third kappa shape index (κ3) is 4.88. The van der Waals surface area contributed by atoms with Gasteiger partial charge >= 0.3 is 10.1 Å². The molecule has 1 saturated heterocycles. The van der Waals surface area contributed by atoms with Gasteiger partial charge in [-0.2, -0.15) is 8.42 Å².